The number of amides is 2. The smallest absolute Gasteiger partial charge is 0.252 e. The number of hydrogen-bond donors (Lipinski definition) is 1. The van der Waals surface area contributed by atoms with Gasteiger partial charge in [0, 0.05) is 18.7 Å². The Morgan fingerprint density at radius 3 is 2.64 bits per heavy atom. The van der Waals surface area contributed by atoms with E-state index >= 15 is 0 Å². The number of rotatable bonds is 6. The van der Waals surface area contributed by atoms with Gasteiger partial charge < -0.3 is 10.6 Å². The van der Waals surface area contributed by atoms with E-state index in [9.17, 15) is 9.59 Å². The normalized spacial score (nSPS) is 9.95. The summed E-state index contributed by atoms with van der Waals surface area (Å²) >= 11 is 0. The van der Waals surface area contributed by atoms with Gasteiger partial charge in [-0.2, -0.15) is 5.26 Å². The monoisotopic (exact) mass is 298 g/mol. The summed E-state index contributed by atoms with van der Waals surface area (Å²) in [5.74, 6) is -0.765. The van der Waals surface area contributed by atoms with E-state index in [0.717, 1.165) is 0 Å². The van der Waals surface area contributed by atoms with Crippen LogP contribution in [0.2, 0.25) is 0 Å². The highest BCUT2D eigenvalue weighted by molar-refractivity contribution is 5.93. The highest BCUT2D eigenvalue weighted by Gasteiger charge is 2.17. The third kappa shape index (κ3) is 3.89. The van der Waals surface area contributed by atoms with E-state index in [1.807, 2.05) is 6.07 Å². The molecule has 2 amide bonds. The average Bonchev–Trinajstić information content (AvgIpc) is 2.96. The van der Waals surface area contributed by atoms with Gasteiger partial charge in [0.2, 0.25) is 11.8 Å². The number of anilines is 1. The van der Waals surface area contributed by atoms with Gasteiger partial charge in [0.25, 0.3) is 5.82 Å². The number of carbonyl (C=O) groups excluding carboxylic acids is 2. The van der Waals surface area contributed by atoms with E-state index in [1.165, 1.54) is 15.9 Å². The van der Waals surface area contributed by atoms with Crippen LogP contribution < -0.4 is 10.6 Å². The molecule has 0 saturated heterocycles. The third-order valence-electron chi connectivity index (χ3n) is 2.88. The number of hydrogen-bond acceptors (Lipinski definition) is 5. The molecule has 0 atom stereocenters. The van der Waals surface area contributed by atoms with Crippen LogP contribution in [0.1, 0.15) is 12.2 Å². The summed E-state index contributed by atoms with van der Waals surface area (Å²) in [6.45, 7) is 0.0975. The van der Waals surface area contributed by atoms with Crippen molar-refractivity contribution in [2.45, 2.75) is 13.0 Å². The molecule has 8 heteroatoms. The molecule has 22 heavy (non-hydrogen) atoms. The highest BCUT2D eigenvalue weighted by Crippen LogP contribution is 2.14. The first-order valence-corrected chi connectivity index (χ1v) is 6.53. The fourth-order valence-electron chi connectivity index (χ4n) is 1.87. The summed E-state index contributed by atoms with van der Waals surface area (Å²) in [4.78, 5) is 28.6. The fourth-order valence-corrected chi connectivity index (χ4v) is 1.87. The first-order valence-electron chi connectivity index (χ1n) is 6.53. The largest absolute Gasteiger partial charge is 0.370 e. The minimum Gasteiger partial charge on any atom is -0.370 e. The highest BCUT2D eigenvalue weighted by atomic mass is 16.2. The molecule has 0 bridgehead atoms. The molecule has 0 spiro atoms. The second kappa shape index (κ2) is 6.99. The van der Waals surface area contributed by atoms with Crippen molar-refractivity contribution in [1.82, 2.24) is 14.8 Å². The Morgan fingerprint density at radius 2 is 2.05 bits per heavy atom. The first-order chi connectivity index (χ1) is 10.6. The fraction of sp³-hybridized carbons (Fsp3) is 0.214. The second-order valence-corrected chi connectivity index (χ2v) is 4.47. The first kappa shape index (κ1) is 15.2. The van der Waals surface area contributed by atoms with Gasteiger partial charge in [-0.1, -0.05) is 18.2 Å². The molecular formula is C14H14N6O2. The van der Waals surface area contributed by atoms with E-state index in [4.69, 9.17) is 11.0 Å². The molecule has 0 saturated carbocycles. The van der Waals surface area contributed by atoms with Crippen molar-refractivity contribution in [3.63, 3.8) is 0 Å². The Bertz CT molecular complexity index is 704. The molecule has 1 aromatic heterocycles. The Labute approximate surface area is 126 Å². The zero-order valence-corrected chi connectivity index (χ0v) is 11.7. The zero-order chi connectivity index (χ0) is 15.9. The summed E-state index contributed by atoms with van der Waals surface area (Å²) in [5, 5.41) is 12.5. The topological polar surface area (TPSA) is 118 Å². The van der Waals surface area contributed by atoms with Crippen molar-refractivity contribution in [2.75, 3.05) is 11.4 Å². The van der Waals surface area contributed by atoms with Crippen LogP contribution in [0.3, 0.4) is 0 Å². The van der Waals surface area contributed by atoms with Gasteiger partial charge >= 0.3 is 0 Å². The molecule has 1 aromatic carbocycles. The van der Waals surface area contributed by atoms with Crippen LogP contribution >= 0.6 is 0 Å². The van der Waals surface area contributed by atoms with Crippen molar-refractivity contribution >= 4 is 17.5 Å². The lowest BCUT2D eigenvalue weighted by atomic mass is 10.2. The third-order valence-corrected chi connectivity index (χ3v) is 2.88. The molecular weight excluding hydrogens is 284 g/mol. The molecule has 112 valence electrons. The number of benzene rings is 1. The maximum absolute atomic E-state index is 12.4. The Kier molecular flexibility index (Phi) is 4.82. The van der Waals surface area contributed by atoms with Crippen LogP contribution in [0.15, 0.2) is 36.7 Å². The minimum atomic E-state index is -0.485. The van der Waals surface area contributed by atoms with Crippen LogP contribution in [-0.2, 0) is 16.1 Å². The molecule has 0 aliphatic carbocycles. The molecule has 0 aliphatic heterocycles. The molecule has 2 aromatic rings. The molecule has 1 heterocycles. The zero-order valence-electron chi connectivity index (χ0n) is 11.7. The van der Waals surface area contributed by atoms with Crippen molar-refractivity contribution in [2.24, 2.45) is 5.73 Å². The number of nitrogens with two attached hydrogens (primary N) is 1. The molecule has 2 rings (SSSR count). The number of nitrogens with zero attached hydrogens (tertiary/aromatic N) is 5. The number of nitriles is 1. The Balaban J connectivity index is 2.15. The summed E-state index contributed by atoms with van der Waals surface area (Å²) in [6.07, 6.45) is 1.37. The van der Waals surface area contributed by atoms with E-state index in [1.54, 1.807) is 30.3 Å². The van der Waals surface area contributed by atoms with E-state index in [2.05, 4.69) is 10.1 Å². The molecule has 0 unspecified atom stereocenters. The lowest BCUT2D eigenvalue weighted by Crippen LogP contribution is -2.36. The maximum Gasteiger partial charge on any atom is 0.252 e. The number of carbonyl (C=O) groups is 2. The predicted molar refractivity (Wildman–Crippen MR) is 77.3 cm³/mol. The average molecular weight is 298 g/mol. The van der Waals surface area contributed by atoms with E-state index in [0.29, 0.717) is 5.69 Å². The van der Waals surface area contributed by atoms with E-state index < -0.39 is 5.91 Å². The number of aromatic nitrogens is 3. The lowest BCUT2D eigenvalue weighted by Gasteiger charge is -2.22. The number of para-hydroxylation sites is 1. The summed E-state index contributed by atoms with van der Waals surface area (Å²) < 4.78 is 1.28. The van der Waals surface area contributed by atoms with Crippen LogP contribution in [0.4, 0.5) is 5.69 Å². The maximum atomic E-state index is 12.4. The summed E-state index contributed by atoms with van der Waals surface area (Å²) in [5.41, 5.74) is 5.81. The van der Waals surface area contributed by atoms with Crippen LogP contribution in [0.5, 0.6) is 0 Å². The molecule has 0 radical (unpaired) electrons. The van der Waals surface area contributed by atoms with Gasteiger partial charge in [0.05, 0.1) is 0 Å². The Hall–Kier alpha value is -3.21. The van der Waals surface area contributed by atoms with Gasteiger partial charge in [-0.15, -0.1) is 5.10 Å². The van der Waals surface area contributed by atoms with Gasteiger partial charge in [-0.3, -0.25) is 9.59 Å². The van der Waals surface area contributed by atoms with Crippen LogP contribution in [-0.4, -0.2) is 33.1 Å². The van der Waals surface area contributed by atoms with Crippen LogP contribution in [0, 0.1) is 11.3 Å². The van der Waals surface area contributed by atoms with Crippen LogP contribution in [0.25, 0.3) is 0 Å². The SMILES string of the molecule is N#Cc1ncn(CC(=O)N(CCC(N)=O)c2ccccc2)n1. The minimum absolute atomic E-state index is 0.00352. The van der Waals surface area contributed by atoms with Crippen molar-refractivity contribution in [1.29, 1.82) is 5.26 Å². The van der Waals surface area contributed by atoms with Crippen molar-refractivity contribution in [3.05, 3.63) is 42.5 Å². The molecule has 0 aliphatic rings. The molecule has 2 N–H and O–H groups in total. The van der Waals surface area contributed by atoms with Gasteiger partial charge in [-0.05, 0) is 12.1 Å². The van der Waals surface area contributed by atoms with Gasteiger partial charge in [0.1, 0.15) is 18.9 Å². The van der Waals surface area contributed by atoms with Crippen molar-refractivity contribution in [3.8, 4) is 6.07 Å². The van der Waals surface area contributed by atoms with E-state index in [-0.39, 0.29) is 31.2 Å². The predicted octanol–water partition coefficient (Wildman–Crippen LogP) is 0.0584. The quantitative estimate of drug-likeness (QED) is 0.809. The summed E-state index contributed by atoms with van der Waals surface area (Å²) in [7, 11) is 0. The van der Waals surface area contributed by atoms with Gasteiger partial charge in [-0.25, -0.2) is 9.67 Å². The lowest BCUT2D eigenvalue weighted by molar-refractivity contribution is -0.119. The molecule has 0 fully saturated rings. The Morgan fingerprint density at radius 1 is 1.32 bits per heavy atom. The number of primary amides is 1. The summed E-state index contributed by atoms with van der Waals surface area (Å²) in [6, 6.07) is 10.7. The van der Waals surface area contributed by atoms with Gasteiger partial charge in [0.15, 0.2) is 0 Å². The molecule has 8 nitrogen and oxygen atoms in total. The van der Waals surface area contributed by atoms with Crippen molar-refractivity contribution < 1.29 is 9.59 Å². The standard InChI is InChI=1S/C14H14N6O2/c15-8-13-17-10-19(18-13)9-14(22)20(7-6-12(16)21)11-4-2-1-3-5-11/h1-5,10H,6-7,9H2,(H2,16,21). The second-order valence-electron chi connectivity index (χ2n) is 4.47.